The second-order valence-corrected chi connectivity index (χ2v) is 8.33. The van der Waals surface area contributed by atoms with Gasteiger partial charge in [0.15, 0.2) is 0 Å². The lowest BCUT2D eigenvalue weighted by atomic mass is 9.53. The van der Waals surface area contributed by atoms with Crippen LogP contribution in [0.2, 0.25) is 0 Å². The Balaban J connectivity index is 0.000000153. The highest BCUT2D eigenvalue weighted by atomic mass is 16.1. The molecule has 3 aliphatic rings. The zero-order valence-electron chi connectivity index (χ0n) is 16.4. The van der Waals surface area contributed by atoms with Crippen molar-refractivity contribution < 1.29 is 4.79 Å². The molecular formula is C25H30N2O. The van der Waals surface area contributed by atoms with E-state index in [2.05, 4.69) is 29.6 Å². The van der Waals surface area contributed by atoms with Gasteiger partial charge in [-0.05, 0) is 60.9 Å². The normalized spacial score (nSPS) is 27.9. The van der Waals surface area contributed by atoms with Crippen LogP contribution in [-0.2, 0) is 16.6 Å². The van der Waals surface area contributed by atoms with Gasteiger partial charge in [0.25, 0.3) is 0 Å². The summed E-state index contributed by atoms with van der Waals surface area (Å²) in [7, 11) is 0. The number of carbonyl (C=O) groups excluding carboxylic acids is 1. The third kappa shape index (κ3) is 3.77. The molecule has 0 radical (unpaired) electrons. The molecule has 3 heteroatoms. The number of amides is 1. The molecule has 0 unspecified atom stereocenters. The number of nitrogens with one attached hydrogen (secondary N) is 1. The minimum absolute atomic E-state index is 0.422. The van der Waals surface area contributed by atoms with Gasteiger partial charge in [0.2, 0.25) is 5.91 Å². The van der Waals surface area contributed by atoms with Gasteiger partial charge in [-0.1, -0.05) is 67.4 Å². The van der Waals surface area contributed by atoms with E-state index in [1.165, 1.54) is 51.1 Å². The molecule has 0 aromatic heterocycles. The second kappa shape index (κ2) is 8.32. The predicted octanol–water partition coefficient (Wildman–Crippen LogP) is 4.22. The molecule has 1 saturated carbocycles. The molecule has 2 aliphatic carbocycles. The van der Waals surface area contributed by atoms with E-state index in [-0.39, 0.29) is 0 Å². The molecule has 3 atom stereocenters. The van der Waals surface area contributed by atoms with Crippen LogP contribution < -0.4 is 11.1 Å². The van der Waals surface area contributed by atoms with Crippen LogP contribution >= 0.6 is 0 Å². The maximum Gasteiger partial charge on any atom is 0.241 e. The Hall–Kier alpha value is -2.39. The number of nitrogens with two attached hydrogens (primary N) is 1. The van der Waals surface area contributed by atoms with Gasteiger partial charge in [-0.25, -0.2) is 0 Å². The molecule has 1 saturated heterocycles. The van der Waals surface area contributed by atoms with Crippen LogP contribution in [0.1, 0.15) is 48.8 Å². The molecule has 1 amide bonds. The van der Waals surface area contributed by atoms with Gasteiger partial charge in [0.05, 0.1) is 0 Å². The van der Waals surface area contributed by atoms with Crippen molar-refractivity contribution >= 4 is 12.0 Å². The summed E-state index contributed by atoms with van der Waals surface area (Å²) in [5, 5.41) is 3.79. The molecule has 1 aliphatic heterocycles. The van der Waals surface area contributed by atoms with Crippen molar-refractivity contribution in [3.63, 3.8) is 0 Å². The standard InChI is InChI=1S/C16H21N.C9H9NO/c1-2-6-13-12(5-1)11-15-14-7-3-4-8-16(13,14)9-10-17-15;10-9(11)7-6-8-4-2-1-3-5-8/h1-2,5-6,14-15,17H,3-4,7-11H2;1-7H,(H2,10,11)/t14-,15+,16-;/m0./s1. The van der Waals surface area contributed by atoms with Crippen LogP contribution in [0, 0.1) is 5.92 Å². The summed E-state index contributed by atoms with van der Waals surface area (Å²) in [4.78, 5) is 10.3. The van der Waals surface area contributed by atoms with E-state index in [1.807, 2.05) is 30.3 Å². The average molecular weight is 375 g/mol. The van der Waals surface area contributed by atoms with Crippen molar-refractivity contribution in [2.75, 3.05) is 6.54 Å². The molecule has 2 bridgehead atoms. The Morgan fingerprint density at radius 2 is 1.82 bits per heavy atom. The molecule has 5 rings (SSSR count). The maximum absolute atomic E-state index is 10.3. The first-order valence-electron chi connectivity index (χ1n) is 10.5. The zero-order chi connectivity index (χ0) is 19.4. The van der Waals surface area contributed by atoms with Crippen molar-refractivity contribution in [1.29, 1.82) is 0 Å². The number of primary amides is 1. The Bertz CT molecular complexity index is 841. The summed E-state index contributed by atoms with van der Waals surface area (Å²) in [6.45, 7) is 1.23. The fourth-order valence-electron chi connectivity index (χ4n) is 5.63. The first-order chi connectivity index (χ1) is 13.7. The van der Waals surface area contributed by atoms with Crippen molar-refractivity contribution in [3.8, 4) is 0 Å². The largest absolute Gasteiger partial charge is 0.366 e. The van der Waals surface area contributed by atoms with Crippen molar-refractivity contribution in [2.24, 2.45) is 11.7 Å². The van der Waals surface area contributed by atoms with E-state index in [4.69, 9.17) is 5.73 Å². The molecule has 2 fully saturated rings. The molecular weight excluding hydrogens is 344 g/mol. The first-order valence-corrected chi connectivity index (χ1v) is 10.5. The molecule has 3 N–H and O–H groups in total. The van der Waals surface area contributed by atoms with E-state index < -0.39 is 5.91 Å². The number of fused-ring (bicyclic) bond motifs is 1. The minimum Gasteiger partial charge on any atom is -0.366 e. The molecule has 1 heterocycles. The SMILES string of the molecule is NC(=O)C=Cc1ccccc1.c1ccc2c(c1)C[C@H]1NCC[C@@]23CCCC[C@@H]13. The lowest BCUT2D eigenvalue weighted by Gasteiger charge is -2.56. The third-order valence-corrected chi connectivity index (χ3v) is 6.79. The minimum atomic E-state index is -0.422. The van der Waals surface area contributed by atoms with Gasteiger partial charge in [-0.3, -0.25) is 4.79 Å². The molecule has 2 aromatic carbocycles. The topological polar surface area (TPSA) is 55.1 Å². The summed E-state index contributed by atoms with van der Waals surface area (Å²) >= 11 is 0. The molecule has 3 nitrogen and oxygen atoms in total. The van der Waals surface area contributed by atoms with Crippen LogP contribution in [-0.4, -0.2) is 18.5 Å². The third-order valence-electron chi connectivity index (χ3n) is 6.79. The number of rotatable bonds is 2. The monoisotopic (exact) mass is 374 g/mol. The van der Waals surface area contributed by atoms with Crippen LogP contribution in [0.25, 0.3) is 6.08 Å². The smallest absolute Gasteiger partial charge is 0.241 e. The van der Waals surface area contributed by atoms with Crippen LogP contribution in [0.3, 0.4) is 0 Å². The highest BCUT2D eigenvalue weighted by Gasteiger charge is 2.51. The average Bonchev–Trinajstić information content (AvgIpc) is 2.73. The molecule has 2 aromatic rings. The Morgan fingerprint density at radius 3 is 2.64 bits per heavy atom. The fraction of sp³-hybridized carbons (Fsp3) is 0.400. The summed E-state index contributed by atoms with van der Waals surface area (Å²) in [6.07, 6.45) is 11.4. The number of benzene rings is 2. The predicted molar refractivity (Wildman–Crippen MR) is 115 cm³/mol. The molecule has 0 spiro atoms. The Morgan fingerprint density at radius 1 is 1.04 bits per heavy atom. The quantitative estimate of drug-likeness (QED) is 0.774. The Labute approximate surface area is 168 Å². The van der Waals surface area contributed by atoms with E-state index in [0.717, 1.165) is 17.5 Å². The van der Waals surface area contributed by atoms with Crippen LogP contribution in [0.15, 0.2) is 60.7 Å². The van der Waals surface area contributed by atoms with Gasteiger partial charge in [0, 0.05) is 17.5 Å². The molecule has 146 valence electrons. The van der Waals surface area contributed by atoms with Gasteiger partial charge in [0.1, 0.15) is 0 Å². The van der Waals surface area contributed by atoms with Crippen molar-refractivity contribution in [1.82, 2.24) is 5.32 Å². The lowest BCUT2D eigenvalue weighted by Crippen LogP contribution is -2.59. The van der Waals surface area contributed by atoms with E-state index >= 15 is 0 Å². The molecule has 28 heavy (non-hydrogen) atoms. The van der Waals surface area contributed by atoms with Crippen LogP contribution in [0.4, 0.5) is 0 Å². The maximum atomic E-state index is 10.3. The summed E-state index contributed by atoms with van der Waals surface area (Å²) in [5.74, 6) is 0.494. The van der Waals surface area contributed by atoms with Gasteiger partial charge < -0.3 is 11.1 Å². The van der Waals surface area contributed by atoms with Crippen molar-refractivity contribution in [3.05, 3.63) is 77.4 Å². The highest BCUT2D eigenvalue weighted by molar-refractivity contribution is 5.90. The first kappa shape index (κ1) is 18.9. The second-order valence-electron chi connectivity index (χ2n) is 8.33. The number of carbonyl (C=O) groups is 1. The zero-order valence-corrected chi connectivity index (χ0v) is 16.4. The summed E-state index contributed by atoms with van der Waals surface area (Å²) in [5.41, 5.74) is 9.78. The Kier molecular flexibility index (Phi) is 5.63. The van der Waals surface area contributed by atoms with Gasteiger partial charge in [-0.15, -0.1) is 0 Å². The van der Waals surface area contributed by atoms with Gasteiger partial charge >= 0.3 is 0 Å². The van der Waals surface area contributed by atoms with Crippen LogP contribution in [0.5, 0.6) is 0 Å². The lowest BCUT2D eigenvalue weighted by molar-refractivity contribution is -0.113. The fourth-order valence-corrected chi connectivity index (χ4v) is 5.63. The number of hydrogen-bond acceptors (Lipinski definition) is 2. The van der Waals surface area contributed by atoms with Crippen molar-refractivity contribution in [2.45, 2.75) is 50.0 Å². The number of hydrogen-bond donors (Lipinski definition) is 2. The van der Waals surface area contributed by atoms with E-state index in [0.29, 0.717) is 5.41 Å². The number of piperidine rings is 1. The van der Waals surface area contributed by atoms with E-state index in [1.54, 1.807) is 17.2 Å². The van der Waals surface area contributed by atoms with Gasteiger partial charge in [-0.2, -0.15) is 0 Å². The highest BCUT2D eigenvalue weighted by Crippen LogP contribution is 2.53. The summed E-state index contributed by atoms with van der Waals surface area (Å²) < 4.78 is 0. The summed E-state index contributed by atoms with van der Waals surface area (Å²) in [6, 6.07) is 19.5. The van der Waals surface area contributed by atoms with E-state index in [9.17, 15) is 4.79 Å².